The Labute approximate surface area is 151 Å². The molecule has 0 fully saturated rings. The lowest BCUT2D eigenvalue weighted by Gasteiger charge is -2.02. The number of pyridine rings is 1. The molecule has 2 aromatic heterocycles. The molecular formula is C17H9Cl2N3OS. The quantitative estimate of drug-likeness (QED) is 0.478. The molecule has 0 bridgehead atoms. The first-order valence-electron chi connectivity index (χ1n) is 7.02. The highest BCUT2D eigenvalue weighted by molar-refractivity contribution is 7.22. The van der Waals surface area contributed by atoms with Crippen molar-refractivity contribution in [3.8, 4) is 0 Å². The summed E-state index contributed by atoms with van der Waals surface area (Å²) in [6.07, 6.45) is 1.38. The second kappa shape index (κ2) is 6.02. The van der Waals surface area contributed by atoms with Gasteiger partial charge >= 0.3 is 0 Å². The van der Waals surface area contributed by atoms with E-state index in [1.807, 2.05) is 36.4 Å². The molecule has 0 spiro atoms. The number of nitrogens with zero attached hydrogens (tertiary/aromatic N) is 2. The number of hydrogen-bond acceptors (Lipinski definition) is 4. The average Bonchev–Trinajstić information content (AvgIpc) is 3.00. The third-order valence-corrected chi connectivity index (χ3v) is 5.18. The number of carbonyl (C=O) groups is 1. The molecule has 0 atom stereocenters. The summed E-state index contributed by atoms with van der Waals surface area (Å²) in [4.78, 5) is 20.8. The van der Waals surface area contributed by atoms with E-state index < -0.39 is 0 Å². The molecule has 4 nitrogen and oxygen atoms in total. The van der Waals surface area contributed by atoms with Gasteiger partial charge in [-0.25, -0.2) is 9.97 Å². The Kier molecular flexibility index (Phi) is 3.84. The van der Waals surface area contributed by atoms with Crippen molar-refractivity contribution in [2.75, 3.05) is 5.32 Å². The first-order chi connectivity index (χ1) is 11.6. The van der Waals surface area contributed by atoms with Crippen molar-refractivity contribution in [2.45, 2.75) is 0 Å². The van der Waals surface area contributed by atoms with Crippen molar-refractivity contribution in [2.24, 2.45) is 0 Å². The Morgan fingerprint density at radius 1 is 1.12 bits per heavy atom. The lowest BCUT2D eigenvalue weighted by molar-refractivity contribution is 0.102. The predicted molar refractivity (Wildman–Crippen MR) is 99.3 cm³/mol. The Balaban J connectivity index is 1.70. The fraction of sp³-hybridized carbons (Fsp3) is 0. The second-order valence-electron chi connectivity index (χ2n) is 5.10. The van der Waals surface area contributed by atoms with Crippen LogP contribution in [0.15, 0.2) is 48.7 Å². The van der Waals surface area contributed by atoms with Crippen molar-refractivity contribution in [1.82, 2.24) is 9.97 Å². The molecule has 0 unspecified atom stereocenters. The number of fused-ring (bicyclic) bond motifs is 3. The summed E-state index contributed by atoms with van der Waals surface area (Å²) in [5, 5.41) is 5.88. The zero-order valence-electron chi connectivity index (χ0n) is 12.1. The summed E-state index contributed by atoms with van der Waals surface area (Å²) in [7, 11) is 0. The summed E-state index contributed by atoms with van der Waals surface area (Å²) in [6.45, 7) is 0. The zero-order chi connectivity index (χ0) is 16.7. The Morgan fingerprint density at radius 3 is 2.79 bits per heavy atom. The minimum absolute atomic E-state index is 0.166. The van der Waals surface area contributed by atoms with Crippen LogP contribution in [0.1, 0.15) is 10.4 Å². The minimum atomic E-state index is -0.329. The Morgan fingerprint density at radius 2 is 1.96 bits per heavy atom. The van der Waals surface area contributed by atoms with E-state index in [0.717, 1.165) is 21.0 Å². The first-order valence-corrected chi connectivity index (χ1v) is 8.60. The maximum atomic E-state index is 12.3. The summed E-state index contributed by atoms with van der Waals surface area (Å²) in [5.41, 5.74) is 1.20. The zero-order valence-corrected chi connectivity index (χ0v) is 14.4. The highest BCUT2D eigenvalue weighted by Crippen LogP contribution is 2.32. The van der Waals surface area contributed by atoms with Gasteiger partial charge in [-0.3, -0.25) is 10.1 Å². The van der Waals surface area contributed by atoms with E-state index in [2.05, 4.69) is 15.3 Å². The number of thiazole rings is 1. The largest absolute Gasteiger partial charge is 0.298 e. The average molecular weight is 374 g/mol. The molecule has 0 aliphatic rings. The van der Waals surface area contributed by atoms with Gasteiger partial charge in [0.2, 0.25) is 0 Å². The minimum Gasteiger partial charge on any atom is -0.298 e. The van der Waals surface area contributed by atoms with Crippen LogP contribution in [-0.2, 0) is 0 Å². The molecule has 0 aliphatic heterocycles. The fourth-order valence-electron chi connectivity index (χ4n) is 2.43. The van der Waals surface area contributed by atoms with Gasteiger partial charge in [-0.15, -0.1) is 0 Å². The van der Waals surface area contributed by atoms with Gasteiger partial charge in [0, 0.05) is 11.6 Å². The Bertz CT molecular complexity index is 1090. The highest BCUT2D eigenvalue weighted by Gasteiger charge is 2.13. The van der Waals surface area contributed by atoms with Crippen LogP contribution in [0.2, 0.25) is 10.2 Å². The molecule has 2 aromatic carbocycles. The predicted octanol–water partition coefficient (Wildman–Crippen LogP) is 5.40. The van der Waals surface area contributed by atoms with Gasteiger partial charge in [0.05, 0.1) is 20.8 Å². The van der Waals surface area contributed by atoms with Gasteiger partial charge in [-0.1, -0.05) is 64.9 Å². The standard InChI is InChI=1S/C17H9Cl2N3OS/c18-12-7-10(8-20-15(12)19)16(23)22-17-21-14-11-4-2-1-3-9(11)5-6-13(14)24-17/h1-8H,(H,21,22,23). The number of hydrogen-bond donors (Lipinski definition) is 1. The molecule has 4 rings (SSSR count). The van der Waals surface area contributed by atoms with Gasteiger partial charge in [-0.05, 0) is 17.5 Å². The van der Waals surface area contributed by atoms with Crippen LogP contribution in [0.5, 0.6) is 0 Å². The van der Waals surface area contributed by atoms with Crippen LogP contribution in [0.4, 0.5) is 5.13 Å². The van der Waals surface area contributed by atoms with Crippen molar-refractivity contribution >= 4 is 66.6 Å². The third kappa shape index (κ3) is 2.71. The van der Waals surface area contributed by atoms with Gasteiger partial charge in [-0.2, -0.15) is 0 Å². The van der Waals surface area contributed by atoms with Crippen LogP contribution in [0.3, 0.4) is 0 Å². The molecule has 4 aromatic rings. The van der Waals surface area contributed by atoms with Crippen LogP contribution < -0.4 is 5.32 Å². The molecule has 24 heavy (non-hydrogen) atoms. The number of rotatable bonds is 2. The Hall–Kier alpha value is -2.21. The van der Waals surface area contributed by atoms with Crippen LogP contribution in [-0.4, -0.2) is 15.9 Å². The van der Waals surface area contributed by atoms with Crippen LogP contribution >= 0.6 is 34.5 Å². The van der Waals surface area contributed by atoms with Crippen molar-refractivity contribution in [3.63, 3.8) is 0 Å². The van der Waals surface area contributed by atoms with Gasteiger partial charge < -0.3 is 0 Å². The lowest BCUT2D eigenvalue weighted by atomic mass is 10.1. The van der Waals surface area contributed by atoms with E-state index >= 15 is 0 Å². The number of anilines is 1. The molecule has 0 saturated carbocycles. The number of aromatic nitrogens is 2. The molecule has 1 N–H and O–H groups in total. The molecule has 118 valence electrons. The van der Waals surface area contributed by atoms with Gasteiger partial charge in [0.15, 0.2) is 5.13 Å². The normalized spacial score (nSPS) is 11.1. The molecule has 1 amide bonds. The SMILES string of the molecule is O=C(Nc1nc2c(ccc3ccccc32)s1)c1cnc(Cl)c(Cl)c1. The lowest BCUT2D eigenvalue weighted by Crippen LogP contribution is -2.12. The molecular weight excluding hydrogens is 365 g/mol. The van der Waals surface area contributed by atoms with Crippen LogP contribution in [0.25, 0.3) is 21.0 Å². The molecule has 0 radical (unpaired) electrons. The van der Waals surface area contributed by atoms with Crippen molar-refractivity contribution in [3.05, 3.63) is 64.4 Å². The second-order valence-corrected chi connectivity index (χ2v) is 6.90. The maximum absolute atomic E-state index is 12.3. The van der Waals surface area contributed by atoms with Crippen LogP contribution in [0, 0.1) is 0 Å². The molecule has 7 heteroatoms. The van der Waals surface area contributed by atoms with E-state index in [1.165, 1.54) is 23.6 Å². The van der Waals surface area contributed by atoms with E-state index in [9.17, 15) is 4.79 Å². The maximum Gasteiger partial charge on any atom is 0.259 e. The molecule has 0 saturated heterocycles. The number of halogens is 2. The number of carbonyl (C=O) groups excluding carboxylic acids is 1. The highest BCUT2D eigenvalue weighted by atomic mass is 35.5. The monoisotopic (exact) mass is 373 g/mol. The first kappa shape index (κ1) is 15.3. The summed E-state index contributed by atoms with van der Waals surface area (Å²) in [5.74, 6) is -0.329. The topological polar surface area (TPSA) is 54.9 Å². The summed E-state index contributed by atoms with van der Waals surface area (Å²) < 4.78 is 1.01. The number of nitrogens with one attached hydrogen (secondary N) is 1. The van der Waals surface area contributed by atoms with E-state index in [0.29, 0.717) is 10.7 Å². The van der Waals surface area contributed by atoms with Crippen molar-refractivity contribution < 1.29 is 4.79 Å². The number of benzene rings is 2. The molecule has 2 heterocycles. The van der Waals surface area contributed by atoms with Gasteiger partial charge in [0.1, 0.15) is 5.15 Å². The summed E-state index contributed by atoms with van der Waals surface area (Å²) in [6, 6.07) is 13.5. The summed E-state index contributed by atoms with van der Waals surface area (Å²) >= 11 is 13.1. The van der Waals surface area contributed by atoms with E-state index in [-0.39, 0.29) is 16.1 Å². The van der Waals surface area contributed by atoms with E-state index in [4.69, 9.17) is 23.2 Å². The third-order valence-electron chi connectivity index (χ3n) is 3.56. The smallest absolute Gasteiger partial charge is 0.259 e. The van der Waals surface area contributed by atoms with Crippen molar-refractivity contribution in [1.29, 1.82) is 0 Å². The molecule has 0 aliphatic carbocycles. The number of amides is 1. The fourth-order valence-corrected chi connectivity index (χ4v) is 3.58. The van der Waals surface area contributed by atoms with E-state index in [1.54, 1.807) is 0 Å². The van der Waals surface area contributed by atoms with Gasteiger partial charge in [0.25, 0.3) is 5.91 Å².